The first-order valence-electron chi connectivity index (χ1n) is 9.52. The minimum absolute atomic E-state index is 0.0192. The van der Waals surface area contributed by atoms with Gasteiger partial charge in [-0.05, 0) is 51.3 Å². The van der Waals surface area contributed by atoms with E-state index in [4.69, 9.17) is 4.52 Å². The number of aryl methyl sites for hydroxylation is 2. The maximum atomic E-state index is 12.5. The summed E-state index contributed by atoms with van der Waals surface area (Å²) >= 11 is 0. The number of hydrogen-bond acceptors (Lipinski definition) is 4. The van der Waals surface area contributed by atoms with Gasteiger partial charge >= 0.3 is 0 Å². The van der Waals surface area contributed by atoms with Crippen LogP contribution in [0.15, 0.2) is 34.9 Å². The number of hydrogen-bond donors (Lipinski definition) is 1. The molecule has 0 bridgehead atoms. The highest BCUT2D eigenvalue weighted by molar-refractivity contribution is 5.79. The predicted octanol–water partition coefficient (Wildman–Crippen LogP) is 3.42. The Hall–Kier alpha value is -2.14. The van der Waals surface area contributed by atoms with Gasteiger partial charge < -0.3 is 9.84 Å². The Kier molecular flexibility index (Phi) is 6.09. The average molecular weight is 355 g/mol. The van der Waals surface area contributed by atoms with E-state index in [-0.39, 0.29) is 11.9 Å². The van der Waals surface area contributed by atoms with Gasteiger partial charge in [-0.2, -0.15) is 0 Å². The van der Waals surface area contributed by atoms with E-state index in [9.17, 15) is 4.79 Å². The molecule has 1 N–H and O–H groups in total. The van der Waals surface area contributed by atoms with Crippen LogP contribution in [0, 0.1) is 19.8 Å². The van der Waals surface area contributed by atoms with Crippen LogP contribution < -0.4 is 5.32 Å². The lowest BCUT2D eigenvalue weighted by atomic mass is 9.95. The van der Waals surface area contributed by atoms with Gasteiger partial charge in [-0.3, -0.25) is 9.69 Å². The fourth-order valence-electron chi connectivity index (χ4n) is 3.66. The Morgan fingerprint density at radius 3 is 2.58 bits per heavy atom. The number of nitrogens with one attached hydrogen (secondary N) is 1. The first-order valence-corrected chi connectivity index (χ1v) is 9.52. The molecule has 1 aromatic heterocycles. The van der Waals surface area contributed by atoms with Crippen molar-refractivity contribution in [1.29, 1.82) is 0 Å². The second kappa shape index (κ2) is 8.49. The minimum Gasteiger partial charge on any atom is -0.361 e. The van der Waals surface area contributed by atoms with E-state index in [1.165, 1.54) is 18.4 Å². The molecule has 2 aromatic rings. The quantitative estimate of drug-likeness (QED) is 0.862. The molecule has 1 atom stereocenters. The summed E-state index contributed by atoms with van der Waals surface area (Å²) in [5.41, 5.74) is 2.95. The van der Waals surface area contributed by atoms with Crippen molar-refractivity contribution in [3.63, 3.8) is 0 Å². The number of rotatable bonds is 6. The van der Waals surface area contributed by atoms with Crippen molar-refractivity contribution in [2.45, 2.75) is 46.1 Å². The Morgan fingerprint density at radius 1 is 1.27 bits per heavy atom. The fourth-order valence-corrected chi connectivity index (χ4v) is 3.66. The van der Waals surface area contributed by atoms with E-state index in [2.05, 4.69) is 46.6 Å². The van der Waals surface area contributed by atoms with Crippen LogP contribution in [0.5, 0.6) is 0 Å². The topological polar surface area (TPSA) is 58.4 Å². The molecule has 26 heavy (non-hydrogen) atoms. The molecule has 1 aromatic carbocycles. The van der Waals surface area contributed by atoms with Gasteiger partial charge in [0.1, 0.15) is 5.76 Å². The molecule has 0 radical (unpaired) electrons. The van der Waals surface area contributed by atoms with E-state index in [1.54, 1.807) is 0 Å². The highest BCUT2D eigenvalue weighted by Gasteiger charge is 2.25. The SMILES string of the molecule is Cc1noc(C)c1CC(=O)NC[C@H](c1ccccc1)N1CCC(C)CC1. The number of carbonyl (C=O) groups excluding carboxylic acids is 1. The molecule has 5 nitrogen and oxygen atoms in total. The van der Waals surface area contributed by atoms with Crippen LogP contribution in [-0.4, -0.2) is 35.6 Å². The summed E-state index contributed by atoms with van der Waals surface area (Å²) in [6.45, 7) is 8.84. The lowest BCUT2D eigenvalue weighted by Gasteiger charge is -2.37. The summed E-state index contributed by atoms with van der Waals surface area (Å²) in [4.78, 5) is 15.0. The number of amides is 1. The fraction of sp³-hybridized carbons (Fsp3) is 0.524. The van der Waals surface area contributed by atoms with Crippen LogP contribution in [-0.2, 0) is 11.2 Å². The van der Waals surface area contributed by atoms with Crippen molar-refractivity contribution < 1.29 is 9.32 Å². The van der Waals surface area contributed by atoms with Crippen molar-refractivity contribution in [3.05, 3.63) is 52.9 Å². The maximum Gasteiger partial charge on any atom is 0.224 e. The van der Waals surface area contributed by atoms with E-state index in [0.29, 0.717) is 13.0 Å². The molecular weight excluding hydrogens is 326 g/mol. The van der Waals surface area contributed by atoms with Crippen LogP contribution in [0.1, 0.15) is 48.4 Å². The molecular formula is C21H29N3O2. The standard InChI is InChI=1S/C21H29N3O2/c1-15-9-11-24(12-10-15)20(18-7-5-4-6-8-18)14-22-21(25)13-19-16(2)23-26-17(19)3/h4-8,15,20H,9-14H2,1-3H3,(H,22,25)/t20-/m1/s1. The third-order valence-corrected chi connectivity index (χ3v) is 5.45. The second-order valence-corrected chi connectivity index (χ2v) is 7.43. The molecule has 1 fully saturated rings. The Labute approximate surface area is 155 Å². The molecule has 0 spiro atoms. The number of benzene rings is 1. The van der Waals surface area contributed by atoms with Gasteiger partial charge in [0, 0.05) is 12.1 Å². The van der Waals surface area contributed by atoms with Crippen LogP contribution in [0.25, 0.3) is 0 Å². The molecule has 1 aliphatic heterocycles. The smallest absolute Gasteiger partial charge is 0.224 e. The summed E-state index contributed by atoms with van der Waals surface area (Å²) in [6.07, 6.45) is 2.76. The zero-order chi connectivity index (χ0) is 18.5. The van der Waals surface area contributed by atoms with Gasteiger partial charge in [0.25, 0.3) is 0 Å². The number of nitrogens with zero attached hydrogens (tertiary/aromatic N) is 2. The third-order valence-electron chi connectivity index (χ3n) is 5.45. The zero-order valence-electron chi connectivity index (χ0n) is 16.0. The summed E-state index contributed by atoms with van der Waals surface area (Å²) in [5.74, 6) is 1.53. The molecule has 1 aliphatic rings. The molecule has 5 heteroatoms. The third kappa shape index (κ3) is 4.52. The molecule has 1 amide bonds. The van der Waals surface area contributed by atoms with Crippen LogP contribution in [0.4, 0.5) is 0 Å². The molecule has 0 saturated carbocycles. The van der Waals surface area contributed by atoms with Gasteiger partial charge in [0.15, 0.2) is 0 Å². The summed E-state index contributed by atoms with van der Waals surface area (Å²) in [7, 11) is 0. The van der Waals surface area contributed by atoms with Gasteiger partial charge in [0.05, 0.1) is 18.2 Å². The van der Waals surface area contributed by atoms with E-state index >= 15 is 0 Å². The van der Waals surface area contributed by atoms with Gasteiger partial charge in [-0.1, -0.05) is 42.4 Å². The van der Waals surface area contributed by atoms with E-state index in [1.807, 2.05) is 19.9 Å². The lowest BCUT2D eigenvalue weighted by molar-refractivity contribution is -0.120. The average Bonchev–Trinajstić information content (AvgIpc) is 2.96. The van der Waals surface area contributed by atoms with Crippen molar-refractivity contribution in [1.82, 2.24) is 15.4 Å². The maximum absolute atomic E-state index is 12.5. The van der Waals surface area contributed by atoms with Crippen molar-refractivity contribution >= 4 is 5.91 Å². The normalized spacial score (nSPS) is 17.2. The predicted molar refractivity (Wildman–Crippen MR) is 102 cm³/mol. The van der Waals surface area contributed by atoms with Gasteiger partial charge in [-0.25, -0.2) is 0 Å². The van der Waals surface area contributed by atoms with Crippen LogP contribution >= 0.6 is 0 Å². The first kappa shape index (κ1) is 18.6. The van der Waals surface area contributed by atoms with Crippen LogP contribution in [0.2, 0.25) is 0 Å². The van der Waals surface area contributed by atoms with Crippen molar-refractivity contribution in [2.75, 3.05) is 19.6 Å². The Bertz CT molecular complexity index is 699. The number of aromatic nitrogens is 1. The highest BCUT2D eigenvalue weighted by Crippen LogP contribution is 2.26. The minimum atomic E-state index is 0.0192. The highest BCUT2D eigenvalue weighted by atomic mass is 16.5. The first-order chi connectivity index (χ1) is 12.5. The monoisotopic (exact) mass is 355 g/mol. The second-order valence-electron chi connectivity index (χ2n) is 7.43. The largest absolute Gasteiger partial charge is 0.361 e. The van der Waals surface area contributed by atoms with Crippen molar-refractivity contribution in [3.8, 4) is 0 Å². The number of carbonyl (C=O) groups is 1. The lowest BCUT2D eigenvalue weighted by Crippen LogP contribution is -2.42. The Balaban J connectivity index is 1.65. The van der Waals surface area contributed by atoms with Crippen molar-refractivity contribution in [2.24, 2.45) is 5.92 Å². The summed E-state index contributed by atoms with van der Waals surface area (Å²) in [6, 6.07) is 10.7. The molecule has 0 aliphatic carbocycles. The number of piperidine rings is 1. The summed E-state index contributed by atoms with van der Waals surface area (Å²) < 4.78 is 5.16. The molecule has 2 heterocycles. The zero-order valence-corrected chi connectivity index (χ0v) is 16.0. The number of likely N-dealkylation sites (tertiary alicyclic amines) is 1. The van der Waals surface area contributed by atoms with Crippen LogP contribution in [0.3, 0.4) is 0 Å². The molecule has 1 saturated heterocycles. The van der Waals surface area contributed by atoms with Gasteiger partial charge in [-0.15, -0.1) is 0 Å². The molecule has 3 rings (SSSR count). The molecule has 0 unspecified atom stereocenters. The Morgan fingerprint density at radius 2 is 1.96 bits per heavy atom. The van der Waals surface area contributed by atoms with E-state index in [0.717, 1.165) is 36.0 Å². The summed E-state index contributed by atoms with van der Waals surface area (Å²) in [5, 5.41) is 7.06. The van der Waals surface area contributed by atoms with Gasteiger partial charge in [0.2, 0.25) is 5.91 Å². The van der Waals surface area contributed by atoms with E-state index < -0.39 is 0 Å². The molecule has 140 valence electrons.